The van der Waals surface area contributed by atoms with Crippen LogP contribution >= 0.6 is 0 Å². The second kappa shape index (κ2) is 5.55. The van der Waals surface area contributed by atoms with Gasteiger partial charge in [-0.05, 0) is 33.9 Å². The normalized spacial score (nSPS) is 12.5. The van der Waals surface area contributed by atoms with Gasteiger partial charge in [-0.25, -0.2) is 0 Å². The van der Waals surface area contributed by atoms with E-state index in [9.17, 15) is 5.11 Å². The second-order valence-electron chi connectivity index (χ2n) is 4.26. The highest BCUT2D eigenvalue weighted by Crippen LogP contribution is 2.04. The smallest absolute Gasteiger partial charge is 0.0718 e. The average Bonchev–Trinajstić information content (AvgIpc) is 1.84. The van der Waals surface area contributed by atoms with Crippen LogP contribution in [-0.2, 0) is 0 Å². The Labute approximate surface area is 76.6 Å². The summed E-state index contributed by atoms with van der Waals surface area (Å²) in [7, 11) is 2.06. The van der Waals surface area contributed by atoms with Gasteiger partial charge in [0.15, 0.2) is 0 Å². The summed E-state index contributed by atoms with van der Waals surface area (Å²) in [5.41, 5.74) is -0.555. The standard InChI is InChI=1S/C10H23NO/c1-5-6-7-8-11(4)9-10(2,3)12/h12H,5-9H2,1-4H3. The van der Waals surface area contributed by atoms with Crippen molar-refractivity contribution in [1.29, 1.82) is 0 Å². The number of nitrogens with zero attached hydrogens (tertiary/aromatic N) is 1. The van der Waals surface area contributed by atoms with Gasteiger partial charge in [-0.1, -0.05) is 19.8 Å². The number of aliphatic hydroxyl groups is 1. The predicted molar refractivity (Wildman–Crippen MR) is 53.3 cm³/mol. The van der Waals surface area contributed by atoms with Crippen LogP contribution in [0.2, 0.25) is 0 Å². The predicted octanol–water partition coefficient (Wildman–Crippen LogP) is 1.88. The zero-order valence-corrected chi connectivity index (χ0v) is 8.93. The van der Waals surface area contributed by atoms with E-state index < -0.39 is 5.60 Å². The van der Waals surface area contributed by atoms with E-state index in [0.717, 1.165) is 13.1 Å². The first-order valence-corrected chi connectivity index (χ1v) is 4.86. The molecule has 0 saturated carbocycles. The van der Waals surface area contributed by atoms with Crippen molar-refractivity contribution >= 4 is 0 Å². The van der Waals surface area contributed by atoms with E-state index in [-0.39, 0.29) is 0 Å². The third kappa shape index (κ3) is 8.02. The highest BCUT2D eigenvalue weighted by molar-refractivity contribution is 4.69. The Morgan fingerprint density at radius 3 is 2.25 bits per heavy atom. The molecule has 12 heavy (non-hydrogen) atoms. The van der Waals surface area contributed by atoms with Gasteiger partial charge < -0.3 is 10.0 Å². The highest BCUT2D eigenvalue weighted by Gasteiger charge is 2.14. The molecule has 74 valence electrons. The van der Waals surface area contributed by atoms with Gasteiger partial charge in [-0.2, -0.15) is 0 Å². The van der Waals surface area contributed by atoms with Gasteiger partial charge in [0.25, 0.3) is 0 Å². The van der Waals surface area contributed by atoms with Crippen LogP contribution in [0.3, 0.4) is 0 Å². The topological polar surface area (TPSA) is 23.5 Å². The zero-order valence-electron chi connectivity index (χ0n) is 8.93. The number of hydrogen-bond donors (Lipinski definition) is 1. The molecule has 0 amide bonds. The van der Waals surface area contributed by atoms with Crippen molar-refractivity contribution in [3.8, 4) is 0 Å². The molecule has 2 heteroatoms. The minimum absolute atomic E-state index is 0.555. The minimum atomic E-state index is -0.555. The fourth-order valence-electron chi connectivity index (χ4n) is 1.37. The number of rotatable bonds is 6. The van der Waals surface area contributed by atoms with Crippen LogP contribution in [0.4, 0.5) is 0 Å². The van der Waals surface area contributed by atoms with Crippen LogP contribution in [-0.4, -0.2) is 35.7 Å². The molecular formula is C10H23NO. The first-order valence-electron chi connectivity index (χ1n) is 4.86. The summed E-state index contributed by atoms with van der Waals surface area (Å²) in [5.74, 6) is 0. The first kappa shape index (κ1) is 11.9. The Hall–Kier alpha value is -0.0800. The third-order valence-electron chi connectivity index (χ3n) is 1.80. The van der Waals surface area contributed by atoms with E-state index in [2.05, 4.69) is 18.9 Å². The maximum absolute atomic E-state index is 9.50. The summed E-state index contributed by atoms with van der Waals surface area (Å²) in [6.07, 6.45) is 3.79. The fraction of sp³-hybridized carbons (Fsp3) is 1.00. The summed E-state index contributed by atoms with van der Waals surface area (Å²) in [6.45, 7) is 7.76. The van der Waals surface area contributed by atoms with Gasteiger partial charge in [-0.15, -0.1) is 0 Å². The quantitative estimate of drug-likeness (QED) is 0.620. The van der Waals surface area contributed by atoms with E-state index in [1.165, 1.54) is 19.3 Å². The van der Waals surface area contributed by atoms with Gasteiger partial charge in [0.05, 0.1) is 5.60 Å². The zero-order chi connectivity index (χ0) is 9.61. The third-order valence-corrected chi connectivity index (χ3v) is 1.80. The first-order chi connectivity index (χ1) is 5.45. The van der Waals surface area contributed by atoms with Gasteiger partial charge in [0.2, 0.25) is 0 Å². The van der Waals surface area contributed by atoms with Crippen molar-refractivity contribution in [2.75, 3.05) is 20.1 Å². The lowest BCUT2D eigenvalue weighted by atomic mass is 10.1. The molecule has 0 fully saturated rings. The molecule has 0 aromatic carbocycles. The summed E-state index contributed by atoms with van der Waals surface area (Å²) in [5, 5.41) is 9.50. The molecule has 0 aliphatic heterocycles. The molecule has 0 aromatic rings. The maximum Gasteiger partial charge on any atom is 0.0718 e. The SMILES string of the molecule is CCCCCN(C)CC(C)(C)O. The molecule has 0 unspecified atom stereocenters. The van der Waals surface area contributed by atoms with Crippen LogP contribution in [0.1, 0.15) is 40.0 Å². The lowest BCUT2D eigenvalue weighted by molar-refractivity contribution is 0.0442. The Bertz CT molecular complexity index is 107. The number of unbranched alkanes of at least 4 members (excludes halogenated alkanes) is 2. The largest absolute Gasteiger partial charge is 0.389 e. The van der Waals surface area contributed by atoms with E-state index >= 15 is 0 Å². The summed E-state index contributed by atoms with van der Waals surface area (Å²) >= 11 is 0. The average molecular weight is 173 g/mol. The van der Waals surface area contributed by atoms with E-state index in [4.69, 9.17) is 0 Å². The lowest BCUT2D eigenvalue weighted by Gasteiger charge is -2.25. The van der Waals surface area contributed by atoms with Crippen molar-refractivity contribution in [2.24, 2.45) is 0 Å². The van der Waals surface area contributed by atoms with Crippen molar-refractivity contribution < 1.29 is 5.11 Å². The molecule has 0 atom stereocenters. The van der Waals surface area contributed by atoms with Gasteiger partial charge in [0, 0.05) is 6.54 Å². The Balaban J connectivity index is 3.40. The summed E-state index contributed by atoms with van der Waals surface area (Å²) in [4.78, 5) is 2.19. The van der Waals surface area contributed by atoms with Crippen molar-refractivity contribution in [3.63, 3.8) is 0 Å². The lowest BCUT2D eigenvalue weighted by Crippen LogP contribution is -2.36. The molecule has 0 bridgehead atoms. The molecule has 0 aliphatic rings. The number of hydrogen-bond acceptors (Lipinski definition) is 2. The van der Waals surface area contributed by atoms with Crippen LogP contribution in [0.15, 0.2) is 0 Å². The number of likely N-dealkylation sites (N-methyl/N-ethyl adjacent to an activating group) is 1. The van der Waals surface area contributed by atoms with Crippen LogP contribution in [0, 0.1) is 0 Å². The van der Waals surface area contributed by atoms with Crippen molar-refractivity contribution in [2.45, 2.75) is 45.6 Å². The van der Waals surface area contributed by atoms with Crippen molar-refractivity contribution in [1.82, 2.24) is 4.90 Å². The Morgan fingerprint density at radius 2 is 1.83 bits per heavy atom. The van der Waals surface area contributed by atoms with Crippen LogP contribution in [0.5, 0.6) is 0 Å². The van der Waals surface area contributed by atoms with Gasteiger partial charge in [-0.3, -0.25) is 0 Å². The molecule has 0 radical (unpaired) electrons. The molecule has 1 N–H and O–H groups in total. The van der Waals surface area contributed by atoms with Crippen molar-refractivity contribution in [3.05, 3.63) is 0 Å². The molecule has 0 saturated heterocycles. The molecule has 0 rings (SSSR count). The Kier molecular flexibility index (Phi) is 5.51. The van der Waals surface area contributed by atoms with Crippen LogP contribution in [0.25, 0.3) is 0 Å². The molecular weight excluding hydrogens is 150 g/mol. The highest BCUT2D eigenvalue weighted by atomic mass is 16.3. The molecule has 0 spiro atoms. The van der Waals surface area contributed by atoms with Crippen LogP contribution < -0.4 is 0 Å². The fourth-order valence-corrected chi connectivity index (χ4v) is 1.37. The molecule has 0 aliphatic carbocycles. The minimum Gasteiger partial charge on any atom is -0.389 e. The van der Waals surface area contributed by atoms with E-state index in [1.807, 2.05) is 13.8 Å². The van der Waals surface area contributed by atoms with Gasteiger partial charge in [0.1, 0.15) is 0 Å². The summed E-state index contributed by atoms with van der Waals surface area (Å²) in [6, 6.07) is 0. The monoisotopic (exact) mass is 173 g/mol. The molecule has 2 nitrogen and oxygen atoms in total. The molecule has 0 heterocycles. The maximum atomic E-state index is 9.50. The van der Waals surface area contributed by atoms with E-state index in [0.29, 0.717) is 0 Å². The van der Waals surface area contributed by atoms with Gasteiger partial charge >= 0.3 is 0 Å². The Morgan fingerprint density at radius 1 is 1.25 bits per heavy atom. The van der Waals surface area contributed by atoms with E-state index in [1.54, 1.807) is 0 Å². The molecule has 0 aromatic heterocycles. The second-order valence-corrected chi connectivity index (χ2v) is 4.26. The summed E-state index contributed by atoms with van der Waals surface area (Å²) < 4.78 is 0.